The van der Waals surface area contributed by atoms with Crippen LogP contribution in [0.2, 0.25) is 0 Å². The predicted molar refractivity (Wildman–Crippen MR) is 110 cm³/mol. The Balaban J connectivity index is 1.78. The Morgan fingerprint density at radius 3 is 2.26 bits per heavy atom. The van der Waals surface area contributed by atoms with Crippen LogP contribution in [0.25, 0.3) is 0 Å². The van der Waals surface area contributed by atoms with Crippen LogP contribution < -0.4 is 4.74 Å². The maximum Gasteiger partial charge on any atom is 0.119 e. The number of para-hydroxylation sites is 1. The summed E-state index contributed by atoms with van der Waals surface area (Å²) >= 11 is 0. The summed E-state index contributed by atoms with van der Waals surface area (Å²) in [4.78, 5) is 2.21. The van der Waals surface area contributed by atoms with Gasteiger partial charge >= 0.3 is 0 Å². The molecule has 0 saturated carbocycles. The summed E-state index contributed by atoms with van der Waals surface area (Å²) in [5.74, 6) is 0.885. The first-order chi connectivity index (χ1) is 13.3. The Morgan fingerprint density at radius 2 is 1.63 bits per heavy atom. The smallest absolute Gasteiger partial charge is 0.119 e. The highest BCUT2D eigenvalue weighted by atomic mass is 16.5. The van der Waals surface area contributed by atoms with Crippen LogP contribution in [0, 0.1) is 0 Å². The molecule has 1 atom stereocenters. The maximum absolute atomic E-state index is 9.60. The van der Waals surface area contributed by atoms with Crippen molar-refractivity contribution in [1.29, 1.82) is 0 Å². The van der Waals surface area contributed by atoms with Crippen molar-refractivity contribution >= 4 is 0 Å². The molecule has 2 aromatic carbocycles. The van der Waals surface area contributed by atoms with Crippen molar-refractivity contribution in [1.82, 2.24) is 4.90 Å². The molecular formula is C23H33NO3. The zero-order valence-electron chi connectivity index (χ0n) is 16.4. The molecule has 0 aliphatic carbocycles. The van der Waals surface area contributed by atoms with E-state index in [4.69, 9.17) is 4.74 Å². The topological polar surface area (TPSA) is 52.9 Å². The Labute approximate surface area is 163 Å². The van der Waals surface area contributed by atoms with Crippen LogP contribution >= 0.6 is 0 Å². The fourth-order valence-electron chi connectivity index (χ4n) is 3.30. The van der Waals surface area contributed by atoms with Crippen LogP contribution in [0.3, 0.4) is 0 Å². The van der Waals surface area contributed by atoms with Crippen LogP contribution in [0.1, 0.15) is 37.3 Å². The third-order valence-corrected chi connectivity index (χ3v) is 4.82. The predicted octanol–water partition coefficient (Wildman–Crippen LogP) is 3.65. The van der Waals surface area contributed by atoms with E-state index in [1.807, 2.05) is 30.3 Å². The molecule has 2 aromatic rings. The van der Waals surface area contributed by atoms with E-state index >= 15 is 0 Å². The molecule has 0 radical (unpaired) electrons. The molecule has 2 N–H and O–H groups in total. The summed E-state index contributed by atoms with van der Waals surface area (Å²) in [6.45, 7) is 4.51. The van der Waals surface area contributed by atoms with Gasteiger partial charge in [0.1, 0.15) is 12.4 Å². The number of aryl methyl sites for hydroxylation is 1. The summed E-state index contributed by atoms with van der Waals surface area (Å²) in [6.07, 6.45) is 4.01. The van der Waals surface area contributed by atoms with Crippen molar-refractivity contribution in [2.45, 2.75) is 45.3 Å². The molecule has 0 amide bonds. The molecule has 0 aromatic heterocycles. The van der Waals surface area contributed by atoms with Crippen molar-refractivity contribution in [3.8, 4) is 5.75 Å². The number of benzene rings is 2. The van der Waals surface area contributed by atoms with E-state index in [1.165, 1.54) is 5.56 Å². The molecule has 4 nitrogen and oxygen atoms in total. The van der Waals surface area contributed by atoms with Gasteiger partial charge in [0.15, 0.2) is 0 Å². The molecule has 0 aliphatic rings. The van der Waals surface area contributed by atoms with Gasteiger partial charge in [0, 0.05) is 12.6 Å². The third kappa shape index (κ3) is 7.71. The SMILES string of the molecule is CCCC(CO)N(CCO)CCCc1ccc(COc2ccccc2)cc1. The summed E-state index contributed by atoms with van der Waals surface area (Å²) < 4.78 is 5.78. The summed E-state index contributed by atoms with van der Waals surface area (Å²) in [6, 6.07) is 18.6. The van der Waals surface area contributed by atoms with E-state index < -0.39 is 0 Å². The standard InChI is InChI=1S/C23H33NO3/c1-2-7-22(18-26)24(16-17-25)15-6-8-20-11-13-21(14-12-20)19-27-23-9-4-3-5-10-23/h3-5,9-14,22,25-26H,2,6-8,15-19H2,1H3. The number of aliphatic hydroxyl groups excluding tert-OH is 2. The Morgan fingerprint density at radius 1 is 0.926 bits per heavy atom. The van der Waals surface area contributed by atoms with Crippen LogP contribution in [0.15, 0.2) is 54.6 Å². The molecule has 0 saturated heterocycles. The second kappa shape index (κ2) is 12.5. The molecule has 0 heterocycles. The van der Waals surface area contributed by atoms with Gasteiger partial charge < -0.3 is 14.9 Å². The number of nitrogens with zero attached hydrogens (tertiary/aromatic N) is 1. The van der Waals surface area contributed by atoms with Crippen molar-refractivity contribution in [3.63, 3.8) is 0 Å². The van der Waals surface area contributed by atoms with Gasteiger partial charge in [-0.2, -0.15) is 0 Å². The van der Waals surface area contributed by atoms with Crippen LogP contribution in [-0.4, -0.2) is 47.5 Å². The normalized spacial score (nSPS) is 12.3. The second-order valence-corrected chi connectivity index (χ2v) is 6.91. The summed E-state index contributed by atoms with van der Waals surface area (Å²) in [5.41, 5.74) is 2.46. The lowest BCUT2D eigenvalue weighted by molar-refractivity contribution is 0.0946. The molecule has 0 bridgehead atoms. The Bertz CT molecular complexity index is 615. The first kappa shape index (κ1) is 21.4. The molecule has 0 aliphatic heterocycles. The van der Waals surface area contributed by atoms with Gasteiger partial charge in [0.2, 0.25) is 0 Å². The second-order valence-electron chi connectivity index (χ2n) is 6.91. The average molecular weight is 372 g/mol. The Hall–Kier alpha value is -1.88. The molecular weight excluding hydrogens is 338 g/mol. The number of hydrogen-bond acceptors (Lipinski definition) is 4. The van der Waals surface area contributed by atoms with Crippen molar-refractivity contribution in [2.75, 3.05) is 26.3 Å². The van der Waals surface area contributed by atoms with Crippen LogP contribution in [0.5, 0.6) is 5.75 Å². The first-order valence-electron chi connectivity index (χ1n) is 9.98. The monoisotopic (exact) mass is 371 g/mol. The van der Waals surface area contributed by atoms with E-state index in [9.17, 15) is 10.2 Å². The lowest BCUT2D eigenvalue weighted by Crippen LogP contribution is -2.40. The molecule has 0 spiro atoms. The fraction of sp³-hybridized carbons (Fsp3) is 0.478. The third-order valence-electron chi connectivity index (χ3n) is 4.82. The lowest BCUT2D eigenvalue weighted by Gasteiger charge is -2.29. The molecule has 27 heavy (non-hydrogen) atoms. The zero-order chi connectivity index (χ0) is 19.3. The van der Waals surface area contributed by atoms with E-state index in [-0.39, 0.29) is 19.3 Å². The lowest BCUT2D eigenvalue weighted by atomic mass is 10.1. The van der Waals surface area contributed by atoms with Gasteiger partial charge in [-0.25, -0.2) is 0 Å². The van der Waals surface area contributed by atoms with E-state index in [1.54, 1.807) is 0 Å². The van der Waals surface area contributed by atoms with Gasteiger partial charge in [-0.05, 0) is 49.1 Å². The minimum atomic E-state index is 0.135. The van der Waals surface area contributed by atoms with E-state index in [2.05, 4.69) is 36.1 Å². The Kier molecular flexibility index (Phi) is 9.91. The van der Waals surface area contributed by atoms with Gasteiger partial charge in [0.05, 0.1) is 13.2 Å². The largest absolute Gasteiger partial charge is 0.489 e. The van der Waals surface area contributed by atoms with Crippen LogP contribution in [-0.2, 0) is 13.0 Å². The van der Waals surface area contributed by atoms with Crippen molar-refractivity contribution < 1.29 is 14.9 Å². The molecule has 0 fully saturated rings. The van der Waals surface area contributed by atoms with Gasteiger partial charge in [-0.1, -0.05) is 55.8 Å². The highest BCUT2D eigenvalue weighted by Gasteiger charge is 2.15. The first-order valence-corrected chi connectivity index (χ1v) is 9.98. The van der Waals surface area contributed by atoms with Gasteiger partial charge in [-0.15, -0.1) is 0 Å². The maximum atomic E-state index is 9.60. The van der Waals surface area contributed by atoms with E-state index in [0.717, 1.165) is 43.5 Å². The number of hydrogen-bond donors (Lipinski definition) is 2. The highest BCUT2D eigenvalue weighted by molar-refractivity contribution is 5.24. The quantitative estimate of drug-likeness (QED) is 0.564. The average Bonchev–Trinajstić information content (AvgIpc) is 2.71. The number of ether oxygens (including phenoxy) is 1. The minimum absolute atomic E-state index is 0.135. The minimum Gasteiger partial charge on any atom is -0.489 e. The van der Waals surface area contributed by atoms with Gasteiger partial charge in [-0.3, -0.25) is 4.90 Å². The molecule has 1 unspecified atom stereocenters. The number of aliphatic hydroxyl groups is 2. The zero-order valence-corrected chi connectivity index (χ0v) is 16.4. The van der Waals surface area contributed by atoms with Crippen molar-refractivity contribution in [3.05, 3.63) is 65.7 Å². The van der Waals surface area contributed by atoms with E-state index in [0.29, 0.717) is 13.2 Å². The highest BCUT2D eigenvalue weighted by Crippen LogP contribution is 2.14. The molecule has 4 heteroatoms. The summed E-state index contributed by atoms with van der Waals surface area (Å²) in [7, 11) is 0. The number of rotatable bonds is 13. The van der Waals surface area contributed by atoms with Crippen molar-refractivity contribution in [2.24, 2.45) is 0 Å². The molecule has 148 valence electrons. The molecule has 2 rings (SSSR count). The van der Waals surface area contributed by atoms with Gasteiger partial charge in [0.25, 0.3) is 0 Å². The summed E-state index contributed by atoms with van der Waals surface area (Å²) in [5, 5.41) is 18.9. The van der Waals surface area contributed by atoms with Crippen LogP contribution in [0.4, 0.5) is 0 Å². The fourth-order valence-corrected chi connectivity index (χ4v) is 3.30.